The van der Waals surface area contributed by atoms with Crippen molar-refractivity contribution < 1.29 is 9.90 Å². The van der Waals surface area contributed by atoms with Crippen molar-refractivity contribution >= 4 is 32.8 Å². The molecule has 4 heteroatoms. The molecule has 0 saturated carbocycles. The summed E-state index contributed by atoms with van der Waals surface area (Å²) in [5.74, 6) is -1.50. The molecule has 21 heavy (non-hydrogen) atoms. The quantitative estimate of drug-likeness (QED) is 0.775. The topological polar surface area (TPSA) is 42.2 Å². The number of hydrogen-bond donors (Lipinski definition) is 1. The maximum absolute atomic E-state index is 11.8. The monoisotopic (exact) mass is 343 g/mol. The van der Waals surface area contributed by atoms with E-state index in [1.54, 1.807) is 0 Å². The molecule has 0 amide bonds. The average Bonchev–Trinajstić information content (AvgIpc) is 2.79. The summed E-state index contributed by atoms with van der Waals surface area (Å²) in [5.41, 5.74) is 2.64. The van der Waals surface area contributed by atoms with E-state index in [0.29, 0.717) is 0 Å². The summed E-state index contributed by atoms with van der Waals surface area (Å²) in [7, 11) is 1.94. The van der Waals surface area contributed by atoms with Crippen LogP contribution in [0.2, 0.25) is 0 Å². The Morgan fingerprint density at radius 1 is 1.14 bits per heavy atom. The lowest BCUT2D eigenvalue weighted by Gasteiger charge is -2.12. The third kappa shape index (κ3) is 2.47. The van der Waals surface area contributed by atoms with Crippen LogP contribution in [0.3, 0.4) is 0 Å². The van der Waals surface area contributed by atoms with Crippen LogP contribution in [0.15, 0.2) is 59.2 Å². The van der Waals surface area contributed by atoms with Gasteiger partial charge in [0.1, 0.15) is 5.92 Å². The molecule has 1 heterocycles. The predicted molar refractivity (Wildman–Crippen MR) is 86.5 cm³/mol. The number of hydrogen-bond acceptors (Lipinski definition) is 1. The average molecular weight is 344 g/mol. The predicted octanol–water partition coefficient (Wildman–Crippen LogP) is 4.16. The van der Waals surface area contributed by atoms with Gasteiger partial charge in [-0.15, -0.1) is 0 Å². The van der Waals surface area contributed by atoms with Gasteiger partial charge in [-0.3, -0.25) is 4.79 Å². The van der Waals surface area contributed by atoms with Crippen LogP contribution in [0.4, 0.5) is 0 Å². The summed E-state index contributed by atoms with van der Waals surface area (Å²) in [5, 5.41) is 10.7. The van der Waals surface area contributed by atoms with Crippen LogP contribution >= 0.6 is 15.9 Å². The van der Waals surface area contributed by atoms with Gasteiger partial charge in [-0.2, -0.15) is 0 Å². The molecule has 0 bridgehead atoms. The number of aromatic nitrogens is 1. The number of rotatable bonds is 3. The van der Waals surface area contributed by atoms with Gasteiger partial charge >= 0.3 is 5.97 Å². The van der Waals surface area contributed by atoms with Crippen molar-refractivity contribution in [1.29, 1.82) is 0 Å². The van der Waals surface area contributed by atoms with Crippen LogP contribution < -0.4 is 0 Å². The zero-order valence-electron chi connectivity index (χ0n) is 11.5. The molecular weight excluding hydrogens is 330 g/mol. The fourth-order valence-corrected chi connectivity index (χ4v) is 2.98. The number of carboxylic acids is 1. The van der Waals surface area contributed by atoms with Crippen molar-refractivity contribution in [3.05, 3.63) is 70.3 Å². The highest BCUT2D eigenvalue weighted by molar-refractivity contribution is 9.10. The maximum atomic E-state index is 11.8. The van der Waals surface area contributed by atoms with E-state index in [0.717, 1.165) is 26.5 Å². The zero-order chi connectivity index (χ0) is 15.0. The van der Waals surface area contributed by atoms with Crippen molar-refractivity contribution in [1.82, 2.24) is 4.57 Å². The Morgan fingerprint density at radius 2 is 1.81 bits per heavy atom. The minimum Gasteiger partial charge on any atom is -0.481 e. The molecule has 0 fully saturated rings. The Bertz CT molecular complexity index is 805. The summed E-state index contributed by atoms with van der Waals surface area (Å²) >= 11 is 3.38. The fourth-order valence-electron chi connectivity index (χ4n) is 2.71. The first-order valence-corrected chi connectivity index (χ1v) is 7.39. The molecule has 0 spiro atoms. The standard InChI is InChI=1S/C17H14BrNO2/c1-19-10-14(13-4-2-3-5-15(13)19)16(17(20)21)11-6-8-12(18)9-7-11/h2-10,16H,1H3,(H,20,21). The van der Waals surface area contributed by atoms with E-state index in [1.165, 1.54) is 0 Å². The third-order valence-corrected chi connectivity index (χ3v) is 4.22. The fraction of sp³-hybridized carbons (Fsp3) is 0.118. The molecule has 3 aromatic rings. The summed E-state index contributed by atoms with van der Waals surface area (Å²) in [6, 6.07) is 15.3. The van der Waals surface area contributed by atoms with Crippen molar-refractivity contribution in [3.8, 4) is 0 Å². The Kier molecular flexibility index (Phi) is 3.55. The van der Waals surface area contributed by atoms with Gasteiger partial charge in [0.25, 0.3) is 0 Å². The van der Waals surface area contributed by atoms with E-state index < -0.39 is 11.9 Å². The lowest BCUT2D eigenvalue weighted by atomic mass is 9.91. The number of benzene rings is 2. The van der Waals surface area contributed by atoms with E-state index >= 15 is 0 Å². The molecule has 0 aliphatic carbocycles. The highest BCUT2D eigenvalue weighted by Crippen LogP contribution is 2.32. The summed E-state index contributed by atoms with van der Waals surface area (Å²) in [6.45, 7) is 0. The Morgan fingerprint density at radius 3 is 2.48 bits per heavy atom. The maximum Gasteiger partial charge on any atom is 0.315 e. The van der Waals surface area contributed by atoms with E-state index in [9.17, 15) is 9.90 Å². The molecule has 0 aliphatic rings. The second-order valence-electron chi connectivity index (χ2n) is 5.04. The first kappa shape index (κ1) is 13.9. The molecule has 0 radical (unpaired) electrons. The van der Waals surface area contributed by atoms with Gasteiger partial charge in [0.05, 0.1) is 0 Å². The van der Waals surface area contributed by atoms with Gasteiger partial charge in [-0.05, 0) is 29.3 Å². The molecule has 1 N–H and O–H groups in total. The molecule has 3 nitrogen and oxygen atoms in total. The van der Waals surface area contributed by atoms with Crippen LogP contribution in [0.1, 0.15) is 17.0 Å². The number of aliphatic carboxylic acids is 1. The first-order chi connectivity index (χ1) is 10.1. The molecule has 2 aromatic carbocycles. The third-order valence-electron chi connectivity index (χ3n) is 3.69. The van der Waals surface area contributed by atoms with Crippen molar-refractivity contribution in [2.45, 2.75) is 5.92 Å². The summed E-state index contributed by atoms with van der Waals surface area (Å²) in [6.07, 6.45) is 1.91. The lowest BCUT2D eigenvalue weighted by molar-refractivity contribution is -0.137. The zero-order valence-corrected chi connectivity index (χ0v) is 13.0. The number of carbonyl (C=O) groups is 1. The van der Waals surface area contributed by atoms with Gasteiger partial charge in [-0.1, -0.05) is 46.3 Å². The van der Waals surface area contributed by atoms with E-state index in [-0.39, 0.29) is 0 Å². The Hall–Kier alpha value is -2.07. The van der Waals surface area contributed by atoms with Crippen LogP contribution in [0.5, 0.6) is 0 Å². The second-order valence-corrected chi connectivity index (χ2v) is 5.95. The van der Waals surface area contributed by atoms with E-state index in [1.807, 2.05) is 66.3 Å². The van der Waals surface area contributed by atoms with Crippen molar-refractivity contribution in [2.24, 2.45) is 7.05 Å². The smallest absolute Gasteiger partial charge is 0.315 e. The molecule has 0 aliphatic heterocycles. The molecule has 1 unspecified atom stereocenters. The minimum absolute atomic E-state index is 0.663. The summed E-state index contributed by atoms with van der Waals surface area (Å²) in [4.78, 5) is 11.8. The SMILES string of the molecule is Cn1cc(C(C(=O)O)c2ccc(Br)cc2)c2ccccc21. The minimum atomic E-state index is -0.839. The van der Waals surface area contributed by atoms with Gasteiger partial charge in [-0.25, -0.2) is 0 Å². The Labute approximate surface area is 131 Å². The van der Waals surface area contributed by atoms with Gasteiger partial charge in [0.2, 0.25) is 0 Å². The number of nitrogens with zero attached hydrogens (tertiary/aromatic N) is 1. The molecular formula is C17H14BrNO2. The number of halogens is 1. The van der Waals surface area contributed by atoms with Crippen LogP contribution in [0, 0.1) is 0 Å². The normalized spacial score (nSPS) is 12.5. The Balaban J connectivity index is 2.21. The van der Waals surface area contributed by atoms with E-state index in [2.05, 4.69) is 15.9 Å². The largest absolute Gasteiger partial charge is 0.481 e. The summed E-state index contributed by atoms with van der Waals surface area (Å²) < 4.78 is 2.91. The van der Waals surface area contributed by atoms with Crippen LogP contribution in [0.25, 0.3) is 10.9 Å². The van der Waals surface area contributed by atoms with Gasteiger partial charge in [0.15, 0.2) is 0 Å². The number of fused-ring (bicyclic) bond motifs is 1. The lowest BCUT2D eigenvalue weighted by Crippen LogP contribution is -2.12. The molecule has 1 aromatic heterocycles. The molecule has 0 saturated heterocycles. The highest BCUT2D eigenvalue weighted by Gasteiger charge is 2.25. The number of carboxylic acid groups (broad SMARTS) is 1. The van der Waals surface area contributed by atoms with Crippen molar-refractivity contribution in [2.75, 3.05) is 0 Å². The first-order valence-electron chi connectivity index (χ1n) is 6.60. The van der Waals surface area contributed by atoms with Gasteiger partial charge < -0.3 is 9.67 Å². The van der Waals surface area contributed by atoms with Crippen LogP contribution in [-0.4, -0.2) is 15.6 Å². The number of para-hydroxylation sites is 1. The molecule has 1 atom stereocenters. The highest BCUT2D eigenvalue weighted by atomic mass is 79.9. The number of aryl methyl sites for hydroxylation is 1. The van der Waals surface area contributed by atoms with Gasteiger partial charge in [0, 0.05) is 28.6 Å². The van der Waals surface area contributed by atoms with Crippen LogP contribution in [-0.2, 0) is 11.8 Å². The van der Waals surface area contributed by atoms with E-state index in [4.69, 9.17) is 0 Å². The van der Waals surface area contributed by atoms with Crippen molar-refractivity contribution in [3.63, 3.8) is 0 Å². The molecule has 106 valence electrons. The molecule has 3 rings (SSSR count). The second kappa shape index (κ2) is 5.37.